The summed E-state index contributed by atoms with van der Waals surface area (Å²) in [6.45, 7) is 1.81. The lowest BCUT2D eigenvalue weighted by Crippen LogP contribution is -2.50. The zero-order valence-electron chi connectivity index (χ0n) is 14.4. The lowest BCUT2D eigenvalue weighted by atomic mass is 10.3. The Morgan fingerprint density at radius 1 is 0.963 bits per heavy atom. The van der Waals surface area contributed by atoms with Crippen LogP contribution in [0.4, 0.5) is 5.69 Å². The quantitative estimate of drug-likeness (QED) is 0.795. The van der Waals surface area contributed by atoms with Crippen molar-refractivity contribution in [3.8, 4) is 0 Å². The van der Waals surface area contributed by atoms with E-state index >= 15 is 0 Å². The maximum absolute atomic E-state index is 12.7. The van der Waals surface area contributed by atoms with Crippen molar-refractivity contribution in [3.63, 3.8) is 0 Å². The molecule has 1 amide bonds. The molecule has 0 atom stereocenters. The number of rotatable bonds is 5. The predicted molar refractivity (Wildman–Crippen MR) is 107 cm³/mol. The van der Waals surface area contributed by atoms with Crippen molar-refractivity contribution in [2.24, 2.45) is 0 Å². The minimum absolute atomic E-state index is 0.150. The molecule has 3 rings (SSSR count). The lowest BCUT2D eigenvalue weighted by Gasteiger charge is -2.33. The molecule has 0 radical (unpaired) electrons. The summed E-state index contributed by atoms with van der Waals surface area (Å²) in [7, 11) is -3.58. The van der Waals surface area contributed by atoms with Crippen molar-refractivity contribution in [2.45, 2.75) is 4.90 Å². The van der Waals surface area contributed by atoms with E-state index in [4.69, 9.17) is 23.2 Å². The van der Waals surface area contributed by atoms with Crippen LogP contribution in [0, 0.1) is 0 Å². The summed E-state index contributed by atoms with van der Waals surface area (Å²) >= 11 is 11.7. The molecule has 1 aliphatic rings. The van der Waals surface area contributed by atoms with Gasteiger partial charge in [-0.05, 0) is 42.5 Å². The van der Waals surface area contributed by atoms with Crippen molar-refractivity contribution < 1.29 is 13.2 Å². The molecule has 0 unspecified atom stereocenters. The lowest BCUT2D eigenvalue weighted by molar-refractivity contribution is -0.117. The minimum atomic E-state index is -3.58. The Bertz CT molecular complexity index is 912. The Labute approximate surface area is 168 Å². The molecule has 144 valence electrons. The molecular weight excluding hydrogens is 409 g/mol. The highest BCUT2D eigenvalue weighted by atomic mass is 35.5. The Balaban J connectivity index is 1.54. The third-order valence-electron chi connectivity index (χ3n) is 4.26. The summed E-state index contributed by atoms with van der Waals surface area (Å²) < 4.78 is 26.8. The van der Waals surface area contributed by atoms with E-state index in [1.807, 2.05) is 4.90 Å². The minimum Gasteiger partial charge on any atom is -0.325 e. The van der Waals surface area contributed by atoms with Crippen LogP contribution in [0.3, 0.4) is 0 Å². The average Bonchev–Trinajstić information content (AvgIpc) is 2.64. The summed E-state index contributed by atoms with van der Waals surface area (Å²) in [5.74, 6) is -0.150. The molecule has 27 heavy (non-hydrogen) atoms. The van der Waals surface area contributed by atoms with E-state index in [1.165, 1.54) is 16.4 Å². The number of nitrogens with one attached hydrogen (secondary N) is 1. The van der Waals surface area contributed by atoms with Crippen LogP contribution in [0.1, 0.15) is 0 Å². The molecule has 0 bridgehead atoms. The summed E-state index contributed by atoms with van der Waals surface area (Å²) in [5.41, 5.74) is 0.673. The van der Waals surface area contributed by atoms with Crippen LogP contribution in [0.2, 0.25) is 10.0 Å². The topological polar surface area (TPSA) is 69.7 Å². The molecule has 0 aromatic heterocycles. The predicted octanol–water partition coefficient (Wildman–Crippen LogP) is 2.94. The number of hydrogen-bond acceptors (Lipinski definition) is 4. The fourth-order valence-corrected chi connectivity index (χ4v) is 4.69. The molecule has 1 aliphatic heterocycles. The van der Waals surface area contributed by atoms with Gasteiger partial charge in [-0.1, -0.05) is 29.3 Å². The monoisotopic (exact) mass is 427 g/mol. The first-order valence-electron chi connectivity index (χ1n) is 8.38. The smallest absolute Gasteiger partial charge is 0.243 e. The standard InChI is InChI=1S/C18H19Cl2N3O3S/c19-14-4-6-16(7-5-14)21-18(24)13-22-8-10-23(11-9-22)27(25,26)17-3-1-2-15(20)12-17/h1-7,12H,8-11,13H2,(H,21,24). The van der Waals surface area contributed by atoms with Gasteiger partial charge in [0.1, 0.15) is 0 Å². The van der Waals surface area contributed by atoms with E-state index in [1.54, 1.807) is 36.4 Å². The van der Waals surface area contributed by atoms with Gasteiger partial charge >= 0.3 is 0 Å². The summed E-state index contributed by atoms with van der Waals surface area (Å²) in [6, 6.07) is 13.1. The highest BCUT2D eigenvalue weighted by Gasteiger charge is 2.29. The van der Waals surface area contributed by atoms with Crippen molar-refractivity contribution in [3.05, 3.63) is 58.6 Å². The third-order valence-corrected chi connectivity index (χ3v) is 6.64. The second-order valence-electron chi connectivity index (χ2n) is 6.19. The number of nitrogens with zero attached hydrogens (tertiary/aromatic N) is 2. The summed E-state index contributed by atoms with van der Waals surface area (Å²) in [4.78, 5) is 14.3. The third kappa shape index (κ3) is 5.21. The van der Waals surface area contributed by atoms with Gasteiger partial charge in [0, 0.05) is 41.9 Å². The second-order valence-corrected chi connectivity index (χ2v) is 9.00. The summed E-state index contributed by atoms with van der Waals surface area (Å²) in [6.07, 6.45) is 0. The van der Waals surface area contributed by atoms with Gasteiger partial charge in [0.25, 0.3) is 0 Å². The van der Waals surface area contributed by atoms with Crippen LogP contribution in [0.25, 0.3) is 0 Å². The Hall–Kier alpha value is -1.64. The first kappa shape index (κ1) is 20.1. The maximum Gasteiger partial charge on any atom is 0.243 e. The molecule has 1 heterocycles. The van der Waals surface area contributed by atoms with Crippen LogP contribution < -0.4 is 5.32 Å². The molecule has 2 aromatic carbocycles. The van der Waals surface area contributed by atoms with E-state index in [0.29, 0.717) is 41.9 Å². The first-order valence-corrected chi connectivity index (χ1v) is 10.6. The molecule has 0 aliphatic carbocycles. The Morgan fingerprint density at radius 2 is 1.63 bits per heavy atom. The van der Waals surface area contributed by atoms with Gasteiger partial charge < -0.3 is 5.32 Å². The molecule has 1 saturated heterocycles. The van der Waals surface area contributed by atoms with Gasteiger partial charge in [-0.25, -0.2) is 8.42 Å². The number of carbonyl (C=O) groups is 1. The Morgan fingerprint density at radius 3 is 2.26 bits per heavy atom. The number of halogens is 2. The maximum atomic E-state index is 12.7. The summed E-state index contributed by atoms with van der Waals surface area (Å²) in [5, 5.41) is 3.79. The zero-order valence-corrected chi connectivity index (χ0v) is 16.8. The van der Waals surface area contributed by atoms with E-state index in [0.717, 1.165) is 0 Å². The van der Waals surface area contributed by atoms with Gasteiger partial charge in [0.05, 0.1) is 11.4 Å². The molecule has 1 N–H and O–H groups in total. The van der Waals surface area contributed by atoms with Crippen LogP contribution in [0.15, 0.2) is 53.4 Å². The molecule has 9 heteroatoms. The van der Waals surface area contributed by atoms with Crippen LogP contribution in [-0.2, 0) is 14.8 Å². The number of piperazine rings is 1. The number of amides is 1. The van der Waals surface area contributed by atoms with Crippen LogP contribution >= 0.6 is 23.2 Å². The normalized spacial score (nSPS) is 16.2. The van der Waals surface area contributed by atoms with Gasteiger partial charge in [-0.15, -0.1) is 0 Å². The van der Waals surface area contributed by atoms with Crippen molar-refractivity contribution in [2.75, 3.05) is 38.0 Å². The molecule has 0 spiro atoms. The molecular formula is C18H19Cl2N3O3S. The van der Waals surface area contributed by atoms with Gasteiger partial charge in [-0.2, -0.15) is 4.31 Å². The van der Waals surface area contributed by atoms with E-state index < -0.39 is 10.0 Å². The zero-order chi connectivity index (χ0) is 19.4. The second kappa shape index (κ2) is 8.58. The SMILES string of the molecule is O=C(CN1CCN(S(=O)(=O)c2cccc(Cl)c2)CC1)Nc1ccc(Cl)cc1. The number of carbonyl (C=O) groups excluding carboxylic acids is 1. The number of sulfonamides is 1. The van der Waals surface area contributed by atoms with Gasteiger partial charge in [-0.3, -0.25) is 9.69 Å². The molecule has 1 fully saturated rings. The Kier molecular flexibility index (Phi) is 6.39. The van der Waals surface area contributed by atoms with Crippen molar-refractivity contribution in [1.82, 2.24) is 9.21 Å². The van der Waals surface area contributed by atoms with Crippen LogP contribution in [0.5, 0.6) is 0 Å². The number of hydrogen-bond donors (Lipinski definition) is 1. The fourth-order valence-electron chi connectivity index (χ4n) is 2.84. The van der Waals surface area contributed by atoms with E-state index in [9.17, 15) is 13.2 Å². The highest BCUT2D eigenvalue weighted by Crippen LogP contribution is 2.21. The highest BCUT2D eigenvalue weighted by molar-refractivity contribution is 7.89. The number of anilines is 1. The molecule has 6 nitrogen and oxygen atoms in total. The van der Waals surface area contributed by atoms with Gasteiger partial charge in [0.2, 0.25) is 15.9 Å². The average molecular weight is 428 g/mol. The van der Waals surface area contributed by atoms with Crippen molar-refractivity contribution in [1.29, 1.82) is 0 Å². The molecule has 0 saturated carbocycles. The van der Waals surface area contributed by atoms with Crippen LogP contribution in [-0.4, -0.2) is 56.3 Å². The fraction of sp³-hybridized carbons (Fsp3) is 0.278. The van der Waals surface area contributed by atoms with Gasteiger partial charge in [0.15, 0.2) is 0 Å². The van der Waals surface area contributed by atoms with Crippen molar-refractivity contribution >= 4 is 44.8 Å². The van der Waals surface area contributed by atoms with E-state index in [2.05, 4.69) is 5.32 Å². The largest absolute Gasteiger partial charge is 0.325 e. The van der Waals surface area contributed by atoms with E-state index in [-0.39, 0.29) is 17.3 Å². The number of benzene rings is 2. The molecule has 2 aromatic rings. The first-order chi connectivity index (χ1) is 12.8.